The van der Waals surface area contributed by atoms with E-state index in [1.165, 1.54) is 19.2 Å². The maximum atomic E-state index is 12.5. The van der Waals surface area contributed by atoms with Gasteiger partial charge in [0.2, 0.25) is 10.0 Å². The Morgan fingerprint density at radius 1 is 1.48 bits per heavy atom. The van der Waals surface area contributed by atoms with Crippen LogP contribution < -0.4 is 14.8 Å². The van der Waals surface area contributed by atoms with E-state index in [4.69, 9.17) is 16.3 Å². The molecule has 1 fully saturated rings. The van der Waals surface area contributed by atoms with Gasteiger partial charge in [-0.3, -0.25) is 0 Å². The van der Waals surface area contributed by atoms with Crippen LogP contribution in [0.3, 0.4) is 0 Å². The highest BCUT2D eigenvalue weighted by Gasteiger charge is 2.29. The number of sulfonamides is 1. The quantitative estimate of drug-likeness (QED) is 0.865. The zero-order chi connectivity index (χ0) is 15.5. The van der Waals surface area contributed by atoms with Gasteiger partial charge in [-0.1, -0.05) is 18.5 Å². The van der Waals surface area contributed by atoms with Crippen molar-refractivity contribution in [2.45, 2.75) is 24.7 Å². The molecule has 21 heavy (non-hydrogen) atoms. The van der Waals surface area contributed by atoms with Crippen LogP contribution in [0.4, 0.5) is 0 Å². The van der Waals surface area contributed by atoms with E-state index in [1.54, 1.807) is 6.07 Å². The minimum Gasteiger partial charge on any atom is -0.495 e. The Labute approximate surface area is 131 Å². The van der Waals surface area contributed by atoms with E-state index in [1.807, 2.05) is 0 Å². The van der Waals surface area contributed by atoms with E-state index in [-0.39, 0.29) is 16.1 Å². The van der Waals surface area contributed by atoms with Gasteiger partial charge in [0.1, 0.15) is 10.6 Å². The number of hydrogen-bond acceptors (Lipinski definition) is 4. The van der Waals surface area contributed by atoms with Crippen LogP contribution >= 0.6 is 11.6 Å². The van der Waals surface area contributed by atoms with Crippen molar-refractivity contribution in [2.75, 3.05) is 26.7 Å². The number of rotatable bonds is 5. The highest BCUT2D eigenvalue weighted by Crippen LogP contribution is 2.29. The molecule has 0 spiro atoms. The third kappa shape index (κ3) is 4.10. The Hall–Kier alpha value is -0.820. The minimum atomic E-state index is -3.62. The molecule has 1 unspecified atom stereocenters. The highest BCUT2D eigenvalue weighted by molar-refractivity contribution is 7.89. The first-order valence-electron chi connectivity index (χ1n) is 6.90. The van der Waals surface area contributed by atoms with Gasteiger partial charge in [0.15, 0.2) is 0 Å². The average Bonchev–Trinajstić information content (AvgIpc) is 2.46. The molecule has 0 bridgehead atoms. The molecule has 0 radical (unpaired) electrons. The average molecular weight is 333 g/mol. The summed E-state index contributed by atoms with van der Waals surface area (Å²) in [6.45, 7) is 4.29. The second kappa shape index (κ2) is 6.52. The first-order valence-corrected chi connectivity index (χ1v) is 8.76. The SMILES string of the molecule is COc1cc(Cl)ccc1S(=O)(=O)NCC1(C)CCCNC1. The Morgan fingerprint density at radius 3 is 2.86 bits per heavy atom. The van der Waals surface area contributed by atoms with Gasteiger partial charge in [-0.15, -0.1) is 0 Å². The fourth-order valence-corrected chi connectivity index (χ4v) is 3.99. The van der Waals surface area contributed by atoms with Crippen molar-refractivity contribution in [2.24, 2.45) is 5.41 Å². The molecule has 0 aromatic heterocycles. The molecule has 1 atom stereocenters. The van der Waals surface area contributed by atoms with E-state index in [9.17, 15) is 8.42 Å². The second-order valence-electron chi connectivity index (χ2n) is 5.71. The largest absolute Gasteiger partial charge is 0.495 e. The lowest BCUT2D eigenvalue weighted by Crippen LogP contribution is -2.45. The predicted molar refractivity (Wildman–Crippen MR) is 83.4 cm³/mol. The van der Waals surface area contributed by atoms with Gasteiger partial charge in [0.05, 0.1) is 7.11 Å². The van der Waals surface area contributed by atoms with Gasteiger partial charge >= 0.3 is 0 Å². The second-order valence-corrected chi connectivity index (χ2v) is 7.88. The number of piperidine rings is 1. The third-order valence-corrected chi connectivity index (χ3v) is 5.47. The summed E-state index contributed by atoms with van der Waals surface area (Å²) in [5.74, 6) is 0.252. The normalized spacial score (nSPS) is 23.0. The molecule has 118 valence electrons. The Balaban J connectivity index is 2.15. The van der Waals surface area contributed by atoms with Crippen LogP contribution in [0.2, 0.25) is 5.02 Å². The maximum Gasteiger partial charge on any atom is 0.244 e. The summed E-state index contributed by atoms with van der Waals surface area (Å²) in [6, 6.07) is 4.51. The molecule has 1 aromatic carbocycles. The molecular formula is C14H21ClN2O3S. The summed E-state index contributed by atoms with van der Waals surface area (Å²) in [5.41, 5.74) is -0.0645. The van der Waals surface area contributed by atoms with Crippen molar-refractivity contribution in [3.8, 4) is 5.75 Å². The molecule has 1 aromatic rings. The number of halogens is 1. The van der Waals surface area contributed by atoms with Crippen molar-refractivity contribution >= 4 is 21.6 Å². The molecule has 1 saturated heterocycles. The Kier molecular flexibility index (Phi) is 5.14. The lowest BCUT2D eigenvalue weighted by Gasteiger charge is -2.34. The molecule has 7 heteroatoms. The Morgan fingerprint density at radius 2 is 2.24 bits per heavy atom. The van der Waals surface area contributed by atoms with Crippen LogP contribution in [-0.2, 0) is 10.0 Å². The summed E-state index contributed by atoms with van der Waals surface area (Å²) in [4.78, 5) is 0.113. The first-order chi connectivity index (χ1) is 9.86. The number of benzene rings is 1. The lowest BCUT2D eigenvalue weighted by molar-refractivity contribution is 0.238. The molecule has 2 N–H and O–H groups in total. The van der Waals surface area contributed by atoms with Gasteiger partial charge < -0.3 is 10.1 Å². The molecule has 2 rings (SSSR count). The molecule has 0 aliphatic carbocycles. The zero-order valence-corrected chi connectivity index (χ0v) is 13.9. The summed E-state index contributed by atoms with van der Waals surface area (Å²) < 4.78 is 32.7. The van der Waals surface area contributed by atoms with Gasteiger partial charge in [-0.05, 0) is 36.9 Å². The van der Waals surface area contributed by atoms with Gasteiger partial charge in [0, 0.05) is 24.2 Å². The Bertz CT molecular complexity index is 598. The number of methoxy groups -OCH3 is 1. The minimum absolute atomic E-state index is 0.0645. The predicted octanol–water partition coefficient (Wildman–Crippen LogP) is 2.02. The van der Waals surface area contributed by atoms with Crippen molar-refractivity contribution < 1.29 is 13.2 Å². The maximum absolute atomic E-state index is 12.5. The van der Waals surface area contributed by atoms with E-state index in [0.29, 0.717) is 11.6 Å². The number of nitrogens with one attached hydrogen (secondary N) is 2. The van der Waals surface area contributed by atoms with E-state index >= 15 is 0 Å². The summed E-state index contributed by atoms with van der Waals surface area (Å²) in [7, 11) is -2.19. The number of hydrogen-bond donors (Lipinski definition) is 2. The van der Waals surface area contributed by atoms with Crippen molar-refractivity contribution in [3.05, 3.63) is 23.2 Å². The molecule has 5 nitrogen and oxygen atoms in total. The summed E-state index contributed by atoms with van der Waals surface area (Å²) in [5, 5.41) is 3.74. The highest BCUT2D eigenvalue weighted by atomic mass is 35.5. The molecule has 1 aliphatic heterocycles. The van der Waals surface area contributed by atoms with Gasteiger partial charge in [0.25, 0.3) is 0 Å². The summed E-state index contributed by atoms with van der Waals surface area (Å²) in [6.07, 6.45) is 2.06. The fraction of sp³-hybridized carbons (Fsp3) is 0.571. The van der Waals surface area contributed by atoms with Crippen molar-refractivity contribution in [1.82, 2.24) is 10.0 Å². The zero-order valence-electron chi connectivity index (χ0n) is 12.3. The van der Waals surface area contributed by atoms with E-state index in [0.717, 1.165) is 25.9 Å². The van der Waals surface area contributed by atoms with Gasteiger partial charge in [-0.25, -0.2) is 13.1 Å². The third-order valence-electron chi connectivity index (χ3n) is 3.79. The van der Waals surface area contributed by atoms with E-state index < -0.39 is 10.0 Å². The van der Waals surface area contributed by atoms with Crippen LogP contribution in [0.15, 0.2) is 23.1 Å². The molecule has 0 amide bonds. The van der Waals surface area contributed by atoms with Crippen molar-refractivity contribution in [3.63, 3.8) is 0 Å². The van der Waals surface area contributed by atoms with Crippen molar-refractivity contribution in [1.29, 1.82) is 0 Å². The summed E-state index contributed by atoms with van der Waals surface area (Å²) >= 11 is 5.86. The molecule has 1 heterocycles. The fourth-order valence-electron chi connectivity index (χ4n) is 2.48. The molecule has 1 aliphatic rings. The van der Waals surface area contributed by atoms with Crippen LogP contribution in [0, 0.1) is 5.41 Å². The topological polar surface area (TPSA) is 67.4 Å². The van der Waals surface area contributed by atoms with E-state index in [2.05, 4.69) is 17.0 Å². The number of ether oxygens (including phenoxy) is 1. The molecular weight excluding hydrogens is 312 g/mol. The van der Waals surface area contributed by atoms with Crippen LogP contribution in [0.5, 0.6) is 5.75 Å². The molecule has 0 saturated carbocycles. The van der Waals surface area contributed by atoms with Gasteiger partial charge in [-0.2, -0.15) is 0 Å². The van der Waals surface area contributed by atoms with Crippen LogP contribution in [0.25, 0.3) is 0 Å². The smallest absolute Gasteiger partial charge is 0.244 e. The van der Waals surface area contributed by atoms with Crippen LogP contribution in [-0.4, -0.2) is 35.2 Å². The standard InChI is InChI=1S/C14H21ClN2O3S/c1-14(6-3-7-16-9-14)10-17-21(18,19)13-5-4-11(15)8-12(13)20-2/h4-5,8,16-17H,3,6-7,9-10H2,1-2H3. The first kappa shape index (κ1) is 16.5. The van der Waals surface area contributed by atoms with Crippen LogP contribution in [0.1, 0.15) is 19.8 Å². The monoisotopic (exact) mass is 332 g/mol. The lowest BCUT2D eigenvalue weighted by atomic mass is 9.83.